The lowest BCUT2D eigenvalue weighted by atomic mass is 10.4. The van der Waals surface area contributed by atoms with Crippen molar-refractivity contribution in [3.63, 3.8) is 0 Å². The Morgan fingerprint density at radius 3 is 2.83 bits per heavy atom. The number of nitrogens with zero attached hydrogens (tertiary/aromatic N) is 4. The van der Waals surface area contributed by atoms with Gasteiger partial charge in [0.2, 0.25) is 0 Å². The minimum Gasteiger partial charge on any atom is -0.233 e. The fraction of sp³-hybridized carbons (Fsp3) is 0. The molecule has 0 N–H and O–H groups in total. The zero-order chi connectivity index (χ0) is 9.26. The Morgan fingerprint density at radius 1 is 1.42 bits per heavy atom. The van der Waals surface area contributed by atoms with Crippen molar-refractivity contribution in [3.8, 4) is 5.82 Å². The van der Waals surface area contributed by atoms with Crippen LogP contribution in [-0.2, 0) is 0 Å². The molecule has 60 valence electrons. The largest absolute Gasteiger partial charge is 0.233 e. The molecule has 0 aliphatic carbocycles. The molecule has 0 amide bonds. The fourth-order valence-corrected chi connectivity index (χ4v) is 0.765. The van der Waals surface area contributed by atoms with Crippen molar-refractivity contribution in [1.29, 1.82) is 0 Å². The SMILES string of the molecule is [2H]c1cc(F)cnc1-n1nccn1. The molecule has 0 aromatic carbocycles. The molecule has 0 aliphatic heterocycles. The summed E-state index contributed by atoms with van der Waals surface area (Å²) in [4.78, 5) is 4.86. The highest BCUT2D eigenvalue weighted by molar-refractivity contribution is 5.17. The van der Waals surface area contributed by atoms with Crippen LogP contribution in [0.5, 0.6) is 0 Å². The van der Waals surface area contributed by atoms with Gasteiger partial charge in [0.05, 0.1) is 20.0 Å². The van der Waals surface area contributed by atoms with E-state index in [1.54, 1.807) is 0 Å². The first-order valence-corrected chi connectivity index (χ1v) is 3.26. The third-order valence-electron chi connectivity index (χ3n) is 1.26. The van der Waals surface area contributed by atoms with Gasteiger partial charge in [0, 0.05) is 0 Å². The van der Waals surface area contributed by atoms with Crippen molar-refractivity contribution >= 4 is 0 Å². The van der Waals surface area contributed by atoms with Crippen LogP contribution in [0.2, 0.25) is 0 Å². The lowest BCUT2D eigenvalue weighted by Crippen LogP contribution is -2.00. The van der Waals surface area contributed by atoms with E-state index in [2.05, 4.69) is 15.2 Å². The highest BCUT2D eigenvalue weighted by atomic mass is 19.1. The van der Waals surface area contributed by atoms with Gasteiger partial charge in [-0.3, -0.25) is 0 Å². The first-order valence-electron chi connectivity index (χ1n) is 3.76. The highest BCUT2D eigenvalue weighted by Crippen LogP contribution is 2.00. The predicted octanol–water partition coefficient (Wildman–Crippen LogP) is 0.801. The number of hydrogen-bond donors (Lipinski definition) is 0. The Bertz CT molecular complexity index is 414. The molecule has 0 spiro atoms. The van der Waals surface area contributed by atoms with Crippen LogP contribution < -0.4 is 0 Å². The number of hydrogen-bond acceptors (Lipinski definition) is 3. The molecule has 0 aliphatic rings. The molecule has 2 aromatic rings. The van der Waals surface area contributed by atoms with Crippen LogP contribution in [0.15, 0.2) is 30.7 Å². The number of halogens is 1. The summed E-state index contributed by atoms with van der Waals surface area (Å²) in [6.07, 6.45) is 3.95. The van der Waals surface area contributed by atoms with Gasteiger partial charge in [-0.15, -0.1) is 4.80 Å². The summed E-state index contributed by atoms with van der Waals surface area (Å²) in [5.74, 6) is -0.327. The first-order chi connectivity index (χ1) is 6.27. The van der Waals surface area contributed by atoms with E-state index in [0.29, 0.717) is 0 Å². The minimum absolute atomic E-state index is 0.0452. The smallest absolute Gasteiger partial charge is 0.174 e. The monoisotopic (exact) mass is 165 g/mol. The molecule has 0 saturated carbocycles. The summed E-state index contributed by atoms with van der Waals surface area (Å²) in [5.41, 5.74) is 0. The molecule has 0 saturated heterocycles. The van der Waals surface area contributed by atoms with Crippen LogP contribution in [-0.4, -0.2) is 20.0 Å². The van der Waals surface area contributed by atoms with Gasteiger partial charge in [0.15, 0.2) is 5.82 Å². The Balaban J connectivity index is 2.53. The molecular formula is C7H5FN4. The molecule has 12 heavy (non-hydrogen) atoms. The van der Waals surface area contributed by atoms with E-state index in [1.807, 2.05) is 0 Å². The summed E-state index contributed by atoms with van der Waals surface area (Å²) >= 11 is 0. The summed E-state index contributed by atoms with van der Waals surface area (Å²) in [7, 11) is 0. The van der Waals surface area contributed by atoms with Crippen LogP contribution in [0.3, 0.4) is 0 Å². The molecule has 0 atom stereocenters. The van der Waals surface area contributed by atoms with Crippen molar-refractivity contribution in [1.82, 2.24) is 20.0 Å². The second-order valence-corrected chi connectivity index (χ2v) is 2.07. The number of aromatic nitrogens is 4. The highest BCUT2D eigenvalue weighted by Gasteiger charge is 1.97. The van der Waals surface area contributed by atoms with Gasteiger partial charge in [0.1, 0.15) is 5.82 Å². The minimum atomic E-state index is -0.541. The first kappa shape index (κ1) is 5.82. The molecule has 5 heteroatoms. The Hall–Kier alpha value is -1.78. The Labute approximate surface area is 69.1 Å². The third kappa shape index (κ3) is 1.16. The van der Waals surface area contributed by atoms with E-state index in [1.165, 1.54) is 17.2 Å². The van der Waals surface area contributed by atoms with Gasteiger partial charge in [-0.1, -0.05) is 0 Å². The summed E-state index contributed by atoms with van der Waals surface area (Å²) in [6.45, 7) is 0. The van der Waals surface area contributed by atoms with Gasteiger partial charge in [0.25, 0.3) is 0 Å². The van der Waals surface area contributed by atoms with Crippen LogP contribution in [0.25, 0.3) is 5.82 Å². The van der Waals surface area contributed by atoms with E-state index < -0.39 is 5.82 Å². The molecule has 0 bridgehead atoms. The van der Waals surface area contributed by atoms with Gasteiger partial charge < -0.3 is 0 Å². The lowest BCUT2D eigenvalue weighted by molar-refractivity contribution is 0.616. The van der Waals surface area contributed by atoms with Crippen molar-refractivity contribution in [2.45, 2.75) is 0 Å². The Morgan fingerprint density at radius 2 is 2.17 bits per heavy atom. The lowest BCUT2D eigenvalue weighted by Gasteiger charge is -1.95. The van der Waals surface area contributed by atoms with Gasteiger partial charge in [-0.2, -0.15) is 10.2 Å². The van der Waals surface area contributed by atoms with E-state index in [-0.39, 0.29) is 11.9 Å². The zero-order valence-electron chi connectivity index (χ0n) is 6.98. The molecule has 2 aromatic heterocycles. The quantitative estimate of drug-likeness (QED) is 0.627. The summed E-state index contributed by atoms with van der Waals surface area (Å²) < 4.78 is 19.9. The van der Waals surface area contributed by atoms with Crippen LogP contribution >= 0.6 is 0 Å². The van der Waals surface area contributed by atoms with Crippen molar-refractivity contribution in [2.75, 3.05) is 0 Å². The second-order valence-electron chi connectivity index (χ2n) is 2.07. The number of rotatable bonds is 1. The third-order valence-corrected chi connectivity index (χ3v) is 1.26. The van der Waals surface area contributed by atoms with E-state index in [4.69, 9.17) is 1.37 Å². The van der Waals surface area contributed by atoms with Crippen molar-refractivity contribution < 1.29 is 5.76 Å². The van der Waals surface area contributed by atoms with Crippen LogP contribution in [0.4, 0.5) is 4.39 Å². The fourth-order valence-electron chi connectivity index (χ4n) is 0.765. The molecular weight excluding hydrogens is 159 g/mol. The maximum atomic E-state index is 12.6. The van der Waals surface area contributed by atoms with E-state index in [9.17, 15) is 4.39 Å². The van der Waals surface area contributed by atoms with Gasteiger partial charge >= 0.3 is 0 Å². The van der Waals surface area contributed by atoms with Gasteiger partial charge in [-0.05, 0) is 12.1 Å². The standard InChI is InChI=1S/C7H5FN4/c8-6-1-2-7(9-5-6)12-10-3-4-11-12/h1-5H/i2D. The molecule has 2 rings (SSSR count). The zero-order valence-corrected chi connectivity index (χ0v) is 5.98. The van der Waals surface area contributed by atoms with Crippen molar-refractivity contribution in [2.24, 2.45) is 0 Å². The molecule has 4 nitrogen and oxygen atoms in total. The van der Waals surface area contributed by atoms with Crippen LogP contribution in [0, 0.1) is 5.82 Å². The molecule has 0 unspecified atom stereocenters. The normalized spacial score (nSPS) is 11.2. The van der Waals surface area contributed by atoms with E-state index >= 15 is 0 Å². The molecule has 0 fully saturated rings. The summed E-state index contributed by atoms with van der Waals surface area (Å²) in [5, 5.41) is 7.56. The maximum Gasteiger partial charge on any atom is 0.174 e. The Kier molecular flexibility index (Phi) is 1.30. The predicted molar refractivity (Wildman–Crippen MR) is 39.1 cm³/mol. The number of pyridine rings is 1. The summed E-state index contributed by atoms with van der Waals surface area (Å²) in [6, 6.07) is 1.02. The van der Waals surface area contributed by atoms with E-state index in [0.717, 1.165) is 12.3 Å². The average Bonchev–Trinajstić information content (AvgIpc) is 2.56. The second kappa shape index (κ2) is 2.69. The van der Waals surface area contributed by atoms with Crippen molar-refractivity contribution in [3.05, 3.63) is 36.5 Å². The topological polar surface area (TPSA) is 43.6 Å². The van der Waals surface area contributed by atoms with Gasteiger partial charge in [-0.25, -0.2) is 9.37 Å². The average molecular weight is 165 g/mol. The maximum absolute atomic E-state index is 12.6. The van der Waals surface area contributed by atoms with Crippen LogP contribution in [0.1, 0.15) is 1.37 Å². The molecule has 2 heterocycles. The molecule has 0 radical (unpaired) electrons.